The van der Waals surface area contributed by atoms with Crippen molar-refractivity contribution in [2.24, 2.45) is 17.3 Å². The summed E-state index contributed by atoms with van der Waals surface area (Å²) in [6.45, 7) is 8.00. The van der Waals surface area contributed by atoms with E-state index in [2.05, 4.69) is 62.1 Å². The van der Waals surface area contributed by atoms with Crippen LogP contribution < -0.4 is 4.74 Å². The Labute approximate surface area is 198 Å². The molecular formula is C29H39NO3. The summed E-state index contributed by atoms with van der Waals surface area (Å²) in [6, 6.07) is 14.1. The van der Waals surface area contributed by atoms with Crippen LogP contribution in [0.2, 0.25) is 0 Å². The largest absolute Gasteiger partial charge is 0.490 e. The van der Waals surface area contributed by atoms with E-state index in [9.17, 15) is 9.90 Å². The number of rotatable bonds is 5. The minimum absolute atomic E-state index is 0.155. The highest BCUT2D eigenvalue weighted by atomic mass is 16.5. The van der Waals surface area contributed by atoms with Crippen molar-refractivity contribution in [2.75, 3.05) is 0 Å². The monoisotopic (exact) mass is 449 g/mol. The average molecular weight is 450 g/mol. The second-order valence-electron chi connectivity index (χ2n) is 11.9. The normalized spacial score (nSPS) is 30.5. The van der Waals surface area contributed by atoms with E-state index in [0.717, 1.165) is 56.7 Å². The Hall–Kier alpha value is -2.07. The zero-order valence-corrected chi connectivity index (χ0v) is 20.4. The first-order chi connectivity index (χ1) is 15.8. The summed E-state index contributed by atoms with van der Waals surface area (Å²) in [7, 11) is 0. The summed E-state index contributed by atoms with van der Waals surface area (Å²) in [6.07, 6.45) is 9.05. The van der Waals surface area contributed by atoms with Crippen molar-refractivity contribution in [2.45, 2.75) is 96.9 Å². The van der Waals surface area contributed by atoms with Gasteiger partial charge in [0.2, 0.25) is 0 Å². The molecule has 2 atom stereocenters. The molecule has 0 aromatic heterocycles. The van der Waals surface area contributed by atoms with E-state index in [-0.39, 0.29) is 5.92 Å². The van der Waals surface area contributed by atoms with Crippen LogP contribution in [0.1, 0.15) is 77.7 Å². The number of hydrogen-bond donors (Lipinski definition) is 1. The molecule has 2 bridgehead atoms. The molecule has 2 heterocycles. The predicted octanol–water partition coefficient (Wildman–Crippen LogP) is 6.65. The van der Waals surface area contributed by atoms with Crippen molar-refractivity contribution in [3.05, 3.63) is 42.0 Å². The number of carboxylic acid groups (broad SMARTS) is 1. The SMILES string of the molecule is CC(C)(C)[C@H]1CC[C@H](Oc2ccc3cc(CN4C5CCC4CC(C(=O)O)C5)ccc3c2)CC1. The molecule has 178 valence electrons. The number of benzene rings is 2. The molecule has 4 nitrogen and oxygen atoms in total. The molecule has 2 aromatic carbocycles. The lowest BCUT2D eigenvalue weighted by Crippen LogP contribution is -2.44. The van der Waals surface area contributed by atoms with Gasteiger partial charge in [-0.15, -0.1) is 0 Å². The lowest BCUT2D eigenvalue weighted by Gasteiger charge is -2.37. The van der Waals surface area contributed by atoms with Crippen LogP contribution in [0.15, 0.2) is 36.4 Å². The average Bonchev–Trinajstić information content (AvgIpc) is 3.00. The van der Waals surface area contributed by atoms with Crippen LogP contribution in [0.4, 0.5) is 0 Å². The molecule has 2 unspecified atom stereocenters. The molecule has 5 rings (SSSR count). The molecule has 0 radical (unpaired) electrons. The Kier molecular flexibility index (Phi) is 6.15. The van der Waals surface area contributed by atoms with Crippen molar-refractivity contribution >= 4 is 16.7 Å². The van der Waals surface area contributed by atoms with E-state index in [1.54, 1.807) is 0 Å². The van der Waals surface area contributed by atoms with Crippen molar-refractivity contribution in [1.29, 1.82) is 0 Å². The fourth-order valence-electron chi connectivity index (χ4n) is 6.63. The van der Waals surface area contributed by atoms with Gasteiger partial charge < -0.3 is 9.84 Å². The minimum atomic E-state index is -0.613. The summed E-state index contributed by atoms with van der Waals surface area (Å²) >= 11 is 0. The van der Waals surface area contributed by atoms with Gasteiger partial charge in [0.15, 0.2) is 0 Å². The van der Waals surface area contributed by atoms with E-state index in [4.69, 9.17) is 4.74 Å². The zero-order chi connectivity index (χ0) is 23.2. The highest BCUT2D eigenvalue weighted by molar-refractivity contribution is 5.84. The molecule has 2 aromatic rings. The van der Waals surface area contributed by atoms with Gasteiger partial charge in [-0.3, -0.25) is 9.69 Å². The van der Waals surface area contributed by atoms with Crippen molar-refractivity contribution in [3.63, 3.8) is 0 Å². The first kappa shape index (κ1) is 22.7. The molecule has 4 heteroatoms. The fourth-order valence-corrected chi connectivity index (χ4v) is 6.63. The third-order valence-electron chi connectivity index (χ3n) is 8.68. The van der Waals surface area contributed by atoms with Gasteiger partial charge in [-0.2, -0.15) is 0 Å². The number of carboxylic acids is 1. The van der Waals surface area contributed by atoms with Crippen molar-refractivity contribution in [3.8, 4) is 5.75 Å². The highest BCUT2D eigenvalue weighted by Crippen LogP contribution is 2.41. The number of aliphatic carboxylic acids is 1. The zero-order valence-electron chi connectivity index (χ0n) is 20.4. The minimum Gasteiger partial charge on any atom is -0.490 e. The van der Waals surface area contributed by atoms with Crippen LogP contribution in [0.25, 0.3) is 10.8 Å². The van der Waals surface area contributed by atoms with Crippen molar-refractivity contribution in [1.82, 2.24) is 4.90 Å². The van der Waals surface area contributed by atoms with Crippen LogP contribution in [0, 0.1) is 17.3 Å². The summed E-state index contributed by atoms with van der Waals surface area (Å²) < 4.78 is 6.39. The molecule has 1 saturated carbocycles. The first-order valence-corrected chi connectivity index (χ1v) is 12.9. The molecule has 1 N–H and O–H groups in total. The van der Waals surface area contributed by atoms with Crippen LogP contribution >= 0.6 is 0 Å². The number of hydrogen-bond acceptors (Lipinski definition) is 3. The maximum absolute atomic E-state index is 11.5. The van der Waals surface area contributed by atoms with Gasteiger partial charge in [-0.25, -0.2) is 0 Å². The number of carbonyl (C=O) groups is 1. The summed E-state index contributed by atoms with van der Waals surface area (Å²) in [5, 5.41) is 11.9. The molecule has 0 amide bonds. The smallest absolute Gasteiger partial charge is 0.306 e. The van der Waals surface area contributed by atoms with E-state index >= 15 is 0 Å². The summed E-state index contributed by atoms with van der Waals surface area (Å²) in [5.41, 5.74) is 1.72. The maximum Gasteiger partial charge on any atom is 0.306 e. The van der Waals surface area contributed by atoms with Gasteiger partial charge in [-0.05, 0) is 97.2 Å². The summed E-state index contributed by atoms with van der Waals surface area (Å²) in [5.74, 6) is 1.02. The number of fused-ring (bicyclic) bond motifs is 3. The maximum atomic E-state index is 11.5. The van der Waals surface area contributed by atoms with E-state index in [1.165, 1.54) is 29.2 Å². The standard InChI is InChI=1S/C29H39NO3/c1-29(2,3)23-7-12-26(13-8-23)33-27-11-6-20-14-19(4-5-21(20)17-27)18-30-24-9-10-25(30)16-22(15-24)28(31)32/h4-6,11,14,17,22-26H,7-10,12-13,15-16,18H2,1-3H3,(H,31,32)/t22?,23-,24?,25?,26-. The molecule has 3 aliphatic rings. The van der Waals surface area contributed by atoms with Crippen LogP contribution in [-0.2, 0) is 11.3 Å². The fraction of sp³-hybridized carbons (Fsp3) is 0.621. The van der Waals surface area contributed by atoms with Crippen LogP contribution in [0.3, 0.4) is 0 Å². The van der Waals surface area contributed by atoms with E-state index in [1.807, 2.05) is 0 Å². The lowest BCUT2D eigenvalue weighted by molar-refractivity contribution is -0.144. The van der Waals surface area contributed by atoms with Gasteiger partial charge in [0, 0.05) is 18.6 Å². The quantitative estimate of drug-likeness (QED) is 0.555. The predicted molar refractivity (Wildman–Crippen MR) is 132 cm³/mol. The Morgan fingerprint density at radius 2 is 1.58 bits per heavy atom. The van der Waals surface area contributed by atoms with Gasteiger partial charge in [-0.1, -0.05) is 39.0 Å². The summed E-state index contributed by atoms with van der Waals surface area (Å²) in [4.78, 5) is 14.0. The molecule has 3 fully saturated rings. The third-order valence-corrected chi connectivity index (χ3v) is 8.68. The van der Waals surface area contributed by atoms with Gasteiger partial charge in [0.1, 0.15) is 5.75 Å². The van der Waals surface area contributed by atoms with E-state index < -0.39 is 5.97 Å². The Morgan fingerprint density at radius 1 is 0.939 bits per heavy atom. The van der Waals surface area contributed by atoms with Gasteiger partial charge >= 0.3 is 5.97 Å². The number of piperidine rings is 1. The third kappa shape index (κ3) is 4.91. The van der Waals surface area contributed by atoms with Gasteiger partial charge in [0.25, 0.3) is 0 Å². The highest BCUT2D eigenvalue weighted by Gasteiger charge is 2.42. The molecule has 33 heavy (non-hydrogen) atoms. The number of nitrogens with zero attached hydrogens (tertiary/aromatic N) is 1. The Morgan fingerprint density at radius 3 is 2.21 bits per heavy atom. The topological polar surface area (TPSA) is 49.8 Å². The van der Waals surface area contributed by atoms with Gasteiger partial charge in [0.05, 0.1) is 12.0 Å². The van der Waals surface area contributed by atoms with Crippen molar-refractivity contribution < 1.29 is 14.6 Å². The lowest BCUT2D eigenvalue weighted by atomic mass is 9.72. The Bertz CT molecular complexity index is 988. The Balaban J connectivity index is 1.22. The van der Waals surface area contributed by atoms with Crippen LogP contribution in [0.5, 0.6) is 5.75 Å². The second kappa shape index (κ2) is 8.94. The second-order valence-corrected chi connectivity index (χ2v) is 11.9. The van der Waals surface area contributed by atoms with E-state index in [0.29, 0.717) is 23.6 Å². The molecule has 0 spiro atoms. The molecular weight excluding hydrogens is 410 g/mol. The number of ether oxygens (including phenoxy) is 1. The molecule has 2 saturated heterocycles. The molecule has 1 aliphatic carbocycles. The van der Waals surface area contributed by atoms with Crippen LogP contribution in [-0.4, -0.2) is 34.2 Å². The molecule has 2 aliphatic heterocycles. The first-order valence-electron chi connectivity index (χ1n) is 12.9.